The zero-order valence-corrected chi connectivity index (χ0v) is 22.5. The topological polar surface area (TPSA) is 37.3 Å². The van der Waals surface area contributed by atoms with Crippen molar-refractivity contribution < 1.29 is 14.4 Å². The van der Waals surface area contributed by atoms with Crippen LogP contribution in [0.1, 0.15) is 155 Å². The maximum absolute atomic E-state index is 10.5. The lowest BCUT2D eigenvalue weighted by Gasteiger charge is -2.30. The number of unbranched alkanes of at least 4 members (excludes halogenated alkanes) is 20. The molecule has 0 saturated heterocycles. The molecule has 0 saturated carbocycles. The predicted molar refractivity (Wildman–Crippen MR) is 141 cm³/mol. The second-order valence-electron chi connectivity index (χ2n) is 11.0. The highest BCUT2D eigenvalue weighted by molar-refractivity contribution is 5.66. The van der Waals surface area contributed by atoms with Crippen molar-refractivity contribution in [2.24, 2.45) is 0 Å². The number of quaternary nitrogens is 1. The van der Waals surface area contributed by atoms with Crippen LogP contribution in [0.4, 0.5) is 0 Å². The fourth-order valence-electron chi connectivity index (χ4n) is 4.72. The molecule has 0 aromatic carbocycles. The molecule has 0 atom stereocenters. The van der Waals surface area contributed by atoms with Crippen molar-refractivity contribution in [2.45, 2.75) is 155 Å². The number of hydrogen-bond acceptors (Lipinski definition) is 1. The number of carboxylic acid groups (broad SMARTS) is 1. The van der Waals surface area contributed by atoms with Gasteiger partial charge in [-0.05, 0) is 32.1 Å². The van der Waals surface area contributed by atoms with Crippen LogP contribution in [0.15, 0.2) is 0 Å². The third-order valence-corrected chi connectivity index (χ3v) is 7.02. The quantitative estimate of drug-likeness (QED) is 0.104. The summed E-state index contributed by atoms with van der Waals surface area (Å²) in [4.78, 5) is 10.5. The second-order valence-corrected chi connectivity index (χ2v) is 11.0. The average Bonchev–Trinajstić information content (AvgIpc) is 2.75. The van der Waals surface area contributed by atoms with Crippen LogP contribution < -0.4 is 0 Å². The summed E-state index contributed by atoms with van der Waals surface area (Å²) in [5.41, 5.74) is 0. The van der Waals surface area contributed by atoms with E-state index in [1.54, 1.807) is 0 Å². The van der Waals surface area contributed by atoms with Gasteiger partial charge in [0, 0.05) is 6.42 Å². The molecule has 0 aliphatic rings. The van der Waals surface area contributed by atoms with Crippen LogP contribution in [-0.2, 0) is 4.79 Å². The lowest BCUT2D eigenvalue weighted by molar-refractivity contribution is -0.890. The normalized spacial score (nSPS) is 11.8. The molecule has 0 amide bonds. The third kappa shape index (κ3) is 25.7. The van der Waals surface area contributed by atoms with Crippen LogP contribution in [0.5, 0.6) is 0 Å². The van der Waals surface area contributed by atoms with Crippen molar-refractivity contribution in [1.29, 1.82) is 0 Å². The molecule has 0 aliphatic carbocycles. The van der Waals surface area contributed by atoms with Crippen LogP contribution in [0, 0.1) is 0 Å². The van der Waals surface area contributed by atoms with Crippen molar-refractivity contribution in [3.63, 3.8) is 0 Å². The summed E-state index contributed by atoms with van der Waals surface area (Å²) in [5, 5.41) is 8.62. The first kappa shape index (κ1) is 31.4. The minimum Gasteiger partial charge on any atom is -0.481 e. The van der Waals surface area contributed by atoms with E-state index in [0.29, 0.717) is 6.42 Å². The Morgan fingerprint density at radius 2 is 0.781 bits per heavy atom. The van der Waals surface area contributed by atoms with E-state index in [0.717, 1.165) is 12.8 Å². The zero-order valence-electron chi connectivity index (χ0n) is 22.5. The average molecular weight is 455 g/mol. The first-order valence-corrected chi connectivity index (χ1v) is 14.5. The number of carboxylic acids is 1. The van der Waals surface area contributed by atoms with Gasteiger partial charge < -0.3 is 9.59 Å². The van der Waals surface area contributed by atoms with E-state index >= 15 is 0 Å². The van der Waals surface area contributed by atoms with Crippen molar-refractivity contribution in [3.8, 4) is 0 Å². The van der Waals surface area contributed by atoms with Gasteiger partial charge in [-0.1, -0.05) is 116 Å². The zero-order chi connectivity index (χ0) is 23.8. The molecular formula is C29H60NO2+. The molecule has 0 radical (unpaired) electrons. The Morgan fingerprint density at radius 3 is 1.09 bits per heavy atom. The molecule has 0 aromatic rings. The van der Waals surface area contributed by atoms with Gasteiger partial charge in [0.25, 0.3) is 0 Å². The minimum absolute atomic E-state index is 0.343. The molecular weight excluding hydrogens is 394 g/mol. The number of carbonyl (C=O) groups is 1. The Balaban J connectivity index is 3.30. The Hall–Kier alpha value is -0.570. The molecule has 1 N–H and O–H groups in total. The van der Waals surface area contributed by atoms with E-state index in [9.17, 15) is 4.79 Å². The molecule has 0 spiro atoms. The molecule has 0 heterocycles. The van der Waals surface area contributed by atoms with Gasteiger partial charge in [0.2, 0.25) is 0 Å². The maximum Gasteiger partial charge on any atom is 0.303 e. The molecule has 0 fully saturated rings. The Morgan fingerprint density at radius 1 is 0.500 bits per heavy atom. The molecule has 0 aromatic heterocycles. The van der Waals surface area contributed by atoms with Crippen molar-refractivity contribution >= 4 is 5.97 Å². The highest BCUT2D eigenvalue weighted by Gasteiger charge is 2.13. The van der Waals surface area contributed by atoms with E-state index in [1.165, 1.54) is 146 Å². The van der Waals surface area contributed by atoms with Crippen LogP contribution in [0.2, 0.25) is 0 Å². The van der Waals surface area contributed by atoms with Crippen molar-refractivity contribution in [2.75, 3.05) is 27.2 Å². The highest BCUT2D eigenvalue weighted by atomic mass is 16.4. The molecule has 32 heavy (non-hydrogen) atoms. The van der Waals surface area contributed by atoms with E-state index < -0.39 is 5.97 Å². The Labute approximate surface area is 202 Å². The molecule has 3 nitrogen and oxygen atoms in total. The molecule has 0 bridgehead atoms. The predicted octanol–water partition coefficient (Wildman–Crippen LogP) is 9.14. The maximum atomic E-state index is 10.5. The van der Waals surface area contributed by atoms with Gasteiger partial charge in [0.1, 0.15) is 0 Å². The van der Waals surface area contributed by atoms with E-state index in [1.807, 2.05) is 0 Å². The largest absolute Gasteiger partial charge is 0.481 e. The molecule has 192 valence electrons. The summed E-state index contributed by atoms with van der Waals surface area (Å²) in [5.74, 6) is -0.651. The van der Waals surface area contributed by atoms with Crippen molar-refractivity contribution in [3.05, 3.63) is 0 Å². The monoisotopic (exact) mass is 454 g/mol. The number of aliphatic carboxylic acids is 1. The van der Waals surface area contributed by atoms with Gasteiger partial charge in [-0.2, -0.15) is 0 Å². The van der Waals surface area contributed by atoms with Crippen molar-refractivity contribution in [1.82, 2.24) is 0 Å². The first-order valence-electron chi connectivity index (χ1n) is 14.5. The van der Waals surface area contributed by atoms with E-state index in [4.69, 9.17) is 5.11 Å². The molecule has 3 heteroatoms. The van der Waals surface area contributed by atoms with Gasteiger partial charge in [-0.25, -0.2) is 0 Å². The number of nitrogens with zero attached hydrogens (tertiary/aromatic N) is 1. The number of hydrogen-bond donors (Lipinski definition) is 1. The number of rotatable bonds is 26. The fraction of sp³-hybridized carbons (Fsp3) is 0.966. The summed E-state index contributed by atoms with van der Waals surface area (Å²) in [6, 6.07) is 0. The minimum atomic E-state index is -0.651. The summed E-state index contributed by atoms with van der Waals surface area (Å²) in [6.07, 6.45) is 30.2. The Bertz CT molecular complexity index is 395. The van der Waals surface area contributed by atoms with E-state index in [2.05, 4.69) is 21.0 Å². The van der Waals surface area contributed by atoms with Crippen LogP contribution in [-0.4, -0.2) is 42.7 Å². The second kappa shape index (κ2) is 23.6. The summed E-state index contributed by atoms with van der Waals surface area (Å²) >= 11 is 0. The SMILES string of the molecule is CCCCCCCCCCCC[N+](C)(C)CCCCCCCCCCCCCCC(=O)O. The van der Waals surface area contributed by atoms with Gasteiger partial charge in [-0.3, -0.25) is 4.79 Å². The summed E-state index contributed by atoms with van der Waals surface area (Å²) < 4.78 is 1.21. The smallest absolute Gasteiger partial charge is 0.303 e. The first-order chi connectivity index (χ1) is 15.5. The molecule has 0 aliphatic heterocycles. The Kier molecular flexibility index (Phi) is 23.2. The molecule has 0 unspecified atom stereocenters. The van der Waals surface area contributed by atoms with Crippen LogP contribution in [0.25, 0.3) is 0 Å². The molecule has 0 rings (SSSR count). The van der Waals surface area contributed by atoms with Gasteiger partial charge >= 0.3 is 5.97 Å². The standard InChI is InChI=1S/C29H59NO2/c1-4-5-6-7-8-9-15-18-21-24-27-30(2,3)28-25-22-19-16-13-11-10-12-14-17-20-23-26-29(31)32/h4-28H2,1-3H3/p+1. The summed E-state index contributed by atoms with van der Waals surface area (Å²) in [7, 11) is 4.85. The summed E-state index contributed by atoms with van der Waals surface area (Å²) in [6.45, 7) is 4.99. The van der Waals surface area contributed by atoms with E-state index in [-0.39, 0.29) is 0 Å². The van der Waals surface area contributed by atoms with Crippen LogP contribution in [0.3, 0.4) is 0 Å². The fourth-order valence-corrected chi connectivity index (χ4v) is 4.72. The lowest BCUT2D eigenvalue weighted by atomic mass is 10.0. The lowest BCUT2D eigenvalue weighted by Crippen LogP contribution is -2.41. The third-order valence-electron chi connectivity index (χ3n) is 7.02. The highest BCUT2D eigenvalue weighted by Crippen LogP contribution is 2.15. The van der Waals surface area contributed by atoms with Crippen LogP contribution >= 0.6 is 0 Å². The van der Waals surface area contributed by atoms with Gasteiger partial charge in [0.15, 0.2) is 0 Å². The van der Waals surface area contributed by atoms with Gasteiger partial charge in [-0.15, -0.1) is 0 Å². The van der Waals surface area contributed by atoms with Gasteiger partial charge in [0.05, 0.1) is 27.2 Å².